The molecule has 1 aromatic rings. The van der Waals surface area contributed by atoms with Crippen LogP contribution in [0.1, 0.15) is 70.9 Å². The number of hydrogen-bond acceptors (Lipinski definition) is 3. The van der Waals surface area contributed by atoms with E-state index in [-0.39, 0.29) is 11.3 Å². The number of hydrogen-bond donors (Lipinski definition) is 2. The van der Waals surface area contributed by atoms with Gasteiger partial charge in [-0.15, -0.1) is 0 Å². The summed E-state index contributed by atoms with van der Waals surface area (Å²) in [6, 6.07) is 7.03. The summed E-state index contributed by atoms with van der Waals surface area (Å²) >= 11 is 0. The third kappa shape index (κ3) is 5.21. The summed E-state index contributed by atoms with van der Waals surface area (Å²) in [5.41, 5.74) is 8.35. The van der Waals surface area contributed by atoms with Gasteiger partial charge in [0.25, 0.3) is 0 Å². The molecule has 25 heavy (non-hydrogen) atoms. The van der Waals surface area contributed by atoms with Crippen molar-refractivity contribution in [1.82, 2.24) is 5.32 Å². The minimum Gasteiger partial charge on any atom is -0.497 e. The van der Waals surface area contributed by atoms with Gasteiger partial charge in [-0.3, -0.25) is 4.79 Å². The van der Waals surface area contributed by atoms with Crippen LogP contribution in [0.3, 0.4) is 0 Å². The van der Waals surface area contributed by atoms with E-state index in [2.05, 4.69) is 23.5 Å². The number of primary amides is 1. The minimum atomic E-state index is -0.196. The number of nitrogens with one attached hydrogen (secondary N) is 1. The molecule has 2 atom stereocenters. The molecule has 1 amide bonds. The number of rotatable bonds is 5. The largest absolute Gasteiger partial charge is 0.497 e. The molecule has 1 unspecified atom stereocenters. The molecule has 1 heterocycles. The molecular weight excluding hydrogens is 312 g/mol. The molecule has 3 rings (SSSR count). The zero-order valence-corrected chi connectivity index (χ0v) is 16.7. The van der Waals surface area contributed by atoms with Crippen LogP contribution in [0.15, 0.2) is 18.2 Å². The lowest BCUT2D eigenvalue weighted by molar-refractivity contribution is -0.118. The summed E-state index contributed by atoms with van der Waals surface area (Å²) in [6.07, 6.45) is 5.78. The van der Waals surface area contributed by atoms with Crippen molar-refractivity contribution in [3.05, 3.63) is 29.3 Å². The van der Waals surface area contributed by atoms with Crippen molar-refractivity contribution < 1.29 is 9.53 Å². The molecular formula is C21H36N2O2. The van der Waals surface area contributed by atoms with E-state index in [4.69, 9.17) is 10.5 Å². The average molecular weight is 349 g/mol. The van der Waals surface area contributed by atoms with Crippen molar-refractivity contribution in [2.45, 2.75) is 77.7 Å². The zero-order chi connectivity index (χ0) is 18.9. The number of carbonyl (C=O) groups is 1. The first kappa shape index (κ1) is 21.5. The smallest absolute Gasteiger partial charge is 0.217 e. The molecule has 1 aliphatic heterocycles. The molecule has 2 bridgehead atoms. The van der Waals surface area contributed by atoms with E-state index < -0.39 is 0 Å². The van der Waals surface area contributed by atoms with Crippen LogP contribution >= 0.6 is 0 Å². The van der Waals surface area contributed by atoms with E-state index >= 15 is 0 Å². The fourth-order valence-electron chi connectivity index (χ4n) is 4.13. The quantitative estimate of drug-likeness (QED) is 0.847. The third-order valence-corrected chi connectivity index (χ3v) is 5.11. The molecule has 0 radical (unpaired) electrons. The highest BCUT2D eigenvalue weighted by Gasteiger charge is 2.42. The Morgan fingerprint density at radius 2 is 2.04 bits per heavy atom. The van der Waals surface area contributed by atoms with Gasteiger partial charge in [-0.1, -0.05) is 33.8 Å². The number of methoxy groups -OCH3 is 1. The number of amides is 1. The Bertz CT molecular complexity index is 545. The standard InChI is InChI=1S/C17H24N2O2.2C2H6/c1-21-14-5-4-12-9-13-11-17(7-8-19-13,15(12)10-14)6-2-3-16(18)20;2*1-2/h4-5,10,13,19H,2-3,6-9,11H2,1H3,(H2,18,20);2*1-2H3/t13?,17-;;/m1../s1. The number of fused-ring (bicyclic) bond motifs is 4. The number of ether oxygens (including phenoxy) is 1. The maximum atomic E-state index is 11.0. The van der Waals surface area contributed by atoms with Gasteiger partial charge in [-0.05, 0) is 67.3 Å². The van der Waals surface area contributed by atoms with Gasteiger partial charge in [-0.2, -0.15) is 0 Å². The van der Waals surface area contributed by atoms with Crippen molar-refractivity contribution in [2.24, 2.45) is 5.73 Å². The van der Waals surface area contributed by atoms with Crippen molar-refractivity contribution in [1.29, 1.82) is 0 Å². The Hall–Kier alpha value is -1.55. The maximum absolute atomic E-state index is 11.0. The van der Waals surface area contributed by atoms with Crippen molar-refractivity contribution in [3.63, 3.8) is 0 Å². The van der Waals surface area contributed by atoms with Gasteiger partial charge in [-0.25, -0.2) is 0 Å². The van der Waals surface area contributed by atoms with Crippen molar-refractivity contribution in [3.8, 4) is 5.75 Å². The van der Waals surface area contributed by atoms with Crippen LogP contribution in [0.25, 0.3) is 0 Å². The predicted octanol–water partition coefficient (Wildman–Crippen LogP) is 3.95. The fraction of sp³-hybridized carbons (Fsp3) is 0.667. The van der Waals surface area contributed by atoms with Gasteiger partial charge >= 0.3 is 0 Å². The second kappa shape index (κ2) is 10.4. The highest BCUT2D eigenvalue weighted by molar-refractivity contribution is 5.73. The lowest BCUT2D eigenvalue weighted by Gasteiger charge is -2.47. The van der Waals surface area contributed by atoms with E-state index in [0.29, 0.717) is 12.5 Å². The summed E-state index contributed by atoms with van der Waals surface area (Å²) in [4.78, 5) is 11.0. The third-order valence-electron chi connectivity index (χ3n) is 5.11. The van der Waals surface area contributed by atoms with Crippen LogP contribution in [-0.4, -0.2) is 25.6 Å². The van der Waals surface area contributed by atoms with E-state index in [1.807, 2.05) is 27.7 Å². The molecule has 0 spiro atoms. The topological polar surface area (TPSA) is 64.3 Å². The fourth-order valence-corrected chi connectivity index (χ4v) is 4.13. The summed E-state index contributed by atoms with van der Waals surface area (Å²) in [5, 5.41) is 3.62. The van der Waals surface area contributed by atoms with Crippen LogP contribution in [0, 0.1) is 0 Å². The number of piperidine rings is 1. The maximum Gasteiger partial charge on any atom is 0.217 e. The van der Waals surface area contributed by atoms with E-state index in [1.165, 1.54) is 11.1 Å². The van der Waals surface area contributed by atoms with Gasteiger partial charge < -0.3 is 15.8 Å². The highest BCUT2D eigenvalue weighted by Crippen LogP contribution is 2.46. The number of benzene rings is 1. The monoisotopic (exact) mass is 348 g/mol. The molecule has 4 nitrogen and oxygen atoms in total. The minimum absolute atomic E-state index is 0.188. The Morgan fingerprint density at radius 3 is 2.68 bits per heavy atom. The lowest BCUT2D eigenvalue weighted by Crippen LogP contribution is -2.51. The van der Waals surface area contributed by atoms with Gasteiger partial charge in [0, 0.05) is 12.5 Å². The second-order valence-electron chi connectivity index (χ2n) is 6.43. The summed E-state index contributed by atoms with van der Waals surface area (Å²) in [7, 11) is 1.72. The normalized spacial score (nSPS) is 23.2. The highest BCUT2D eigenvalue weighted by atomic mass is 16.5. The predicted molar refractivity (Wildman–Crippen MR) is 105 cm³/mol. The van der Waals surface area contributed by atoms with Crippen molar-refractivity contribution in [2.75, 3.05) is 13.7 Å². The molecule has 1 saturated heterocycles. The first-order valence-electron chi connectivity index (χ1n) is 9.82. The SMILES string of the molecule is CC.CC.COc1ccc2c(c1)[C@]1(CCCC(N)=O)CCNC(C2)C1. The Morgan fingerprint density at radius 1 is 1.32 bits per heavy atom. The summed E-state index contributed by atoms with van der Waals surface area (Å²) < 4.78 is 5.42. The molecule has 142 valence electrons. The first-order chi connectivity index (χ1) is 12.1. The Balaban J connectivity index is 0.000000730. The van der Waals surface area contributed by atoms with Crippen LogP contribution in [0.4, 0.5) is 0 Å². The molecule has 4 heteroatoms. The lowest BCUT2D eigenvalue weighted by atomic mass is 9.62. The first-order valence-corrected chi connectivity index (χ1v) is 9.82. The van der Waals surface area contributed by atoms with Gasteiger partial charge in [0.05, 0.1) is 7.11 Å². The molecule has 3 N–H and O–H groups in total. The van der Waals surface area contributed by atoms with Crippen LogP contribution < -0.4 is 15.8 Å². The second-order valence-corrected chi connectivity index (χ2v) is 6.43. The molecule has 1 aromatic carbocycles. The van der Waals surface area contributed by atoms with Gasteiger partial charge in [0.1, 0.15) is 5.75 Å². The van der Waals surface area contributed by atoms with Crippen LogP contribution in [-0.2, 0) is 16.6 Å². The molecule has 1 aliphatic carbocycles. The number of nitrogens with two attached hydrogens (primary N) is 1. The summed E-state index contributed by atoms with van der Waals surface area (Å²) in [6.45, 7) is 9.05. The summed E-state index contributed by atoms with van der Waals surface area (Å²) in [5.74, 6) is 0.735. The van der Waals surface area contributed by atoms with Crippen LogP contribution in [0.2, 0.25) is 0 Å². The van der Waals surface area contributed by atoms with Crippen molar-refractivity contribution >= 4 is 5.91 Å². The molecule has 0 aromatic heterocycles. The van der Waals surface area contributed by atoms with E-state index in [9.17, 15) is 4.79 Å². The molecule has 0 saturated carbocycles. The molecule has 2 aliphatic rings. The average Bonchev–Trinajstić information content (AvgIpc) is 2.65. The number of carbonyl (C=O) groups excluding carboxylic acids is 1. The molecule has 1 fully saturated rings. The zero-order valence-electron chi connectivity index (χ0n) is 16.7. The van der Waals surface area contributed by atoms with Gasteiger partial charge in [0.15, 0.2) is 0 Å². The van der Waals surface area contributed by atoms with E-state index in [0.717, 1.165) is 44.4 Å². The van der Waals surface area contributed by atoms with Gasteiger partial charge in [0.2, 0.25) is 5.91 Å². The van der Waals surface area contributed by atoms with Crippen LogP contribution in [0.5, 0.6) is 5.75 Å². The van der Waals surface area contributed by atoms with E-state index in [1.54, 1.807) is 7.11 Å². The Kier molecular flexibility index (Phi) is 8.98. The Labute approximate surface area is 153 Å².